The van der Waals surface area contributed by atoms with Gasteiger partial charge in [-0.1, -0.05) is 35.6 Å². The molecule has 2 N–H and O–H groups in total. The van der Waals surface area contributed by atoms with Crippen molar-refractivity contribution in [1.29, 1.82) is 0 Å². The number of para-hydroxylation sites is 1. The summed E-state index contributed by atoms with van der Waals surface area (Å²) >= 11 is 2.93. The lowest BCUT2D eigenvalue weighted by Crippen LogP contribution is -2.44. The summed E-state index contributed by atoms with van der Waals surface area (Å²) in [6.45, 7) is 5.55. The number of nitrogens with one attached hydrogen (secondary N) is 2. The molecule has 6 nitrogen and oxygen atoms in total. The number of rotatable bonds is 8. The van der Waals surface area contributed by atoms with Gasteiger partial charge in [-0.3, -0.25) is 4.79 Å². The lowest BCUT2D eigenvalue weighted by Gasteiger charge is -2.18. The average molecular weight is 464 g/mol. The lowest BCUT2D eigenvalue weighted by molar-refractivity contribution is -0.117. The van der Waals surface area contributed by atoms with E-state index in [0.29, 0.717) is 22.9 Å². The van der Waals surface area contributed by atoms with Crippen molar-refractivity contribution in [2.24, 2.45) is 0 Å². The first kappa shape index (κ1) is 22.7. The SMILES string of the molecule is CSCCC(NS(=O)(=O)c1cc(C)ccc1C)C(=O)Nc1nc2c(C)cccc2s1. The second-order valence-electron chi connectivity index (χ2n) is 7.15. The third-order valence-electron chi connectivity index (χ3n) is 4.71. The number of anilines is 1. The minimum atomic E-state index is -3.85. The van der Waals surface area contributed by atoms with Gasteiger partial charge in [0, 0.05) is 0 Å². The van der Waals surface area contributed by atoms with Gasteiger partial charge < -0.3 is 5.32 Å². The highest BCUT2D eigenvalue weighted by Gasteiger charge is 2.27. The highest BCUT2D eigenvalue weighted by Crippen LogP contribution is 2.28. The molecule has 2 aromatic carbocycles. The summed E-state index contributed by atoms with van der Waals surface area (Å²) in [6, 6.07) is 10.2. The molecule has 0 aliphatic carbocycles. The van der Waals surface area contributed by atoms with E-state index in [2.05, 4.69) is 15.0 Å². The highest BCUT2D eigenvalue weighted by atomic mass is 32.2. The molecular formula is C21H25N3O3S3. The van der Waals surface area contributed by atoms with Crippen molar-refractivity contribution in [2.45, 2.75) is 38.1 Å². The zero-order valence-corrected chi connectivity index (χ0v) is 19.8. The van der Waals surface area contributed by atoms with Gasteiger partial charge in [0.05, 0.1) is 15.1 Å². The van der Waals surface area contributed by atoms with Crippen LogP contribution in [0, 0.1) is 20.8 Å². The molecule has 0 saturated carbocycles. The maximum absolute atomic E-state index is 13.0. The largest absolute Gasteiger partial charge is 0.301 e. The minimum Gasteiger partial charge on any atom is -0.301 e. The van der Waals surface area contributed by atoms with Gasteiger partial charge in [0.15, 0.2) is 5.13 Å². The molecule has 0 spiro atoms. The Bertz CT molecular complexity index is 1170. The van der Waals surface area contributed by atoms with Crippen LogP contribution in [0.15, 0.2) is 41.3 Å². The number of amides is 1. The Morgan fingerprint density at radius 2 is 1.93 bits per heavy atom. The molecule has 0 saturated heterocycles. The maximum atomic E-state index is 13.0. The predicted molar refractivity (Wildman–Crippen MR) is 126 cm³/mol. The molecule has 0 aliphatic heterocycles. The summed E-state index contributed by atoms with van der Waals surface area (Å²) in [5.74, 6) is 0.237. The van der Waals surface area contributed by atoms with Crippen molar-refractivity contribution < 1.29 is 13.2 Å². The molecule has 0 aliphatic rings. The van der Waals surface area contributed by atoms with E-state index in [0.717, 1.165) is 21.3 Å². The number of aromatic nitrogens is 1. The summed E-state index contributed by atoms with van der Waals surface area (Å²) < 4.78 is 29.6. The molecule has 1 amide bonds. The number of thioether (sulfide) groups is 1. The fraction of sp³-hybridized carbons (Fsp3) is 0.333. The number of benzene rings is 2. The molecule has 1 aromatic heterocycles. The van der Waals surface area contributed by atoms with Crippen LogP contribution in [0.2, 0.25) is 0 Å². The monoisotopic (exact) mass is 463 g/mol. The third kappa shape index (κ3) is 5.21. The number of carbonyl (C=O) groups is 1. The van der Waals surface area contributed by atoms with Crippen molar-refractivity contribution in [3.63, 3.8) is 0 Å². The number of hydrogen-bond donors (Lipinski definition) is 2. The number of nitrogens with zero attached hydrogens (tertiary/aromatic N) is 1. The molecule has 9 heteroatoms. The first-order chi connectivity index (χ1) is 14.2. The van der Waals surface area contributed by atoms with Gasteiger partial charge in [-0.25, -0.2) is 13.4 Å². The fourth-order valence-corrected chi connectivity index (χ4v) is 6.04. The molecule has 1 heterocycles. The lowest BCUT2D eigenvalue weighted by atomic mass is 10.2. The van der Waals surface area contributed by atoms with E-state index >= 15 is 0 Å². The Morgan fingerprint density at radius 3 is 2.63 bits per heavy atom. The molecule has 3 aromatic rings. The molecule has 0 bridgehead atoms. The van der Waals surface area contributed by atoms with E-state index < -0.39 is 22.0 Å². The quantitative estimate of drug-likeness (QED) is 0.521. The summed E-state index contributed by atoms with van der Waals surface area (Å²) in [6.07, 6.45) is 2.30. The first-order valence-electron chi connectivity index (χ1n) is 9.47. The van der Waals surface area contributed by atoms with Gasteiger partial charge in [-0.05, 0) is 68.0 Å². The van der Waals surface area contributed by atoms with Gasteiger partial charge in [0.1, 0.15) is 6.04 Å². The van der Waals surface area contributed by atoms with Gasteiger partial charge in [0.25, 0.3) is 0 Å². The Labute approximate surface area is 185 Å². The van der Waals surface area contributed by atoms with Crippen LogP contribution >= 0.6 is 23.1 Å². The van der Waals surface area contributed by atoms with E-state index in [1.165, 1.54) is 11.3 Å². The number of sulfonamides is 1. The topological polar surface area (TPSA) is 88.2 Å². The predicted octanol–water partition coefficient (Wildman–Crippen LogP) is 4.26. The van der Waals surface area contributed by atoms with Crippen molar-refractivity contribution in [2.75, 3.05) is 17.3 Å². The Morgan fingerprint density at radius 1 is 1.17 bits per heavy atom. The Hall–Kier alpha value is -1.94. The second kappa shape index (κ2) is 9.47. The van der Waals surface area contributed by atoms with Crippen LogP contribution in [0.3, 0.4) is 0 Å². The van der Waals surface area contributed by atoms with Gasteiger partial charge in [-0.2, -0.15) is 16.5 Å². The number of fused-ring (bicyclic) bond motifs is 1. The standard InChI is InChI=1S/C21H25N3O3S3/c1-13-8-9-14(2)18(12-13)30(26,27)24-16(10-11-28-4)20(25)23-21-22-19-15(3)6-5-7-17(19)29-21/h5-9,12,16,24H,10-11H2,1-4H3,(H,22,23,25). The van der Waals surface area contributed by atoms with Crippen molar-refractivity contribution in [3.05, 3.63) is 53.1 Å². The molecule has 0 fully saturated rings. The molecule has 1 unspecified atom stereocenters. The van der Waals surface area contributed by atoms with Crippen LogP contribution in [0.1, 0.15) is 23.1 Å². The maximum Gasteiger partial charge on any atom is 0.244 e. The summed E-state index contributed by atoms with van der Waals surface area (Å²) in [7, 11) is -3.85. The number of thiazole rings is 1. The van der Waals surface area contributed by atoms with Crippen LogP contribution in [0.25, 0.3) is 10.2 Å². The number of carbonyl (C=O) groups excluding carboxylic acids is 1. The average Bonchev–Trinajstić information content (AvgIpc) is 3.10. The van der Waals surface area contributed by atoms with Crippen LogP contribution in [0.5, 0.6) is 0 Å². The van der Waals surface area contributed by atoms with Gasteiger partial charge in [0.2, 0.25) is 15.9 Å². The van der Waals surface area contributed by atoms with Crippen LogP contribution in [0.4, 0.5) is 5.13 Å². The molecular weight excluding hydrogens is 438 g/mol. The zero-order chi connectivity index (χ0) is 21.9. The van der Waals surface area contributed by atoms with Crippen LogP contribution in [-0.4, -0.2) is 37.4 Å². The van der Waals surface area contributed by atoms with Crippen molar-refractivity contribution >= 4 is 54.4 Å². The zero-order valence-electron chi connectivity index (χ0n) is 17.4. The summed E-state index contributed by atoms with van der Waals surface area (Å²) in [4.78, 5) is 17.7. The fourth-order valence-electron chi connectivity index (χ4n) is 3.06. The Balaban J connectivity index is 1.84. The highest BCUT2D eigenvalue weighted by molar-refractivity contribution is 7.98. The van der Waals surface area contributed by atoms with E-state index in [1.807, 2.05) is 44.4 Å². The molecule has 3 rings (SSSR count). The van der Waals surface area contributed by atoms with Crippen LogP contribution in [-0.2, 0) is 14.8 Å². The van der Waals surface area contributed by atoms with Crippen molar-refractivity contribution in [3.8, 4) is 0 Å². The van der Waals surface area contributed by atoms with E-state index in [4.69, 9.17) is 0 Å². The van der Waals surface area contributed by atoms with E-state index in [9.17, 15) is 13.2 Å². The normalized spacial score (nSPS) is 12.8. The molecule has 30 heavy (non-hydrogen) atoms. The van der Waals surface area contributed by atoms with Crippen LogP contribution < -0.4 is 10.0 Å². The van der Waals surface area contributed by atoms with E-state index in [1.54, 1.807) is 30.8 Å². The Kier molecular flexibility index (Phi) is 7.18. The molecule has 160 valence electrons. The molecule has 1 atom stereocenters. The summed E-state index contributed by atoms with van der Waals surface area (Å²) in [5.41, 5.74) is 3.35. The van der Waals surface area contributed by atoms with Gasteiger partial charge in [-0.15, -0.1) is 0 Å². The third-order valence-corrected chi connectivity index (χ3v) is 7.90. The number of aryl methyl sites for hydroxylation is 3. The molecule has 0 radical (unpaired) electrons. The first-order valence-corrected chi connectivity index (χ1v) is 13.2. The minimum absolute atomic E-state index is 0.195. The van der Waals surface area contributed by atoms with Gasteiger partial charge >= 0.3 is 0 Å². The number of hydrogen-bond acceptors (Lipinski definition) is 6. The summed E-state index contributed by atoms with van der Waals surface area (Å²) in [5, 5.41) is 3.26. The second-order valence-corrected chi connectivity index (χ2v) is 10.9. The smallest absolute Gasteiger partial charge is 0.244 e. The van der Waals surface area contributed by atoms with E-state index in [-0.39, 0.29) is 4.90 Å². The van der Waals surface area contributed by atoms with Crippen molar-refractivity contribution in [1.82, 2.24) is 9.71 Å².